The fraction of sp³-hybridized carbons (Fsp3) is 0.400. The first-order chi connectivity index (χ1) is 12.4. The quantitative estimate of drug-likeness (QED) is 0.506. The molecule has 1 atom stereocenters. The van der Waals surface area contributed by atoms with Gasteiger partial charge in [-0.2, -0.15) is 0 Å². The molecular formula is C20H24BrClFNO2. The molecule has 0 bridgehead atoms. The largest absolute Gasteiger partial charge is 0.490 e. The van der Waals surface area contributed by atoms with Crippen molar-refractivity contribution in [1.82, 2.24) is 5.32 Å². The fourth-order valence-electron chi connectivity index (χ4n) is 2.32. The highest BCUT2D eigenvalue weighted by Gasteiger charge is 2.13. The first-order valence-electron chi connectivity index (χ1n) is 8.69. The Balaban J connectivity index is 2.17. The number of hydrogen-bond donors (Lipinski definition) is 1. The van der Waals surface area contributed by atoms with Crippen molar-refractivity contribution in [3.05, 3.63) is 56.8 Å². The van der Waals surface area contributed by atoms with Crippen LogP contribution in [0.5, 0.6) is 11.5 Å². The third-order valence-electron chi connectivity index (χ3n) is 4.06. The van der Waals surface area contributed by atoms with Gasteiger partial charge in [0, 0.05) is 22.6 Å². The van der Waals surface area contributed by atoms with Crippen LogP contribution in [0.15, 0.2) is 34.8 Å². The summed E-state index contributed by atoms with van der Waals surface area (Å²) in [5, 5.41) is 3.81. The maximum absolute atomic E-state index is 13.2. The highest BCUT2D eigenvalue weighted by Crippen LogP contribution is 2.35. The van der Waals surface area contributed by atoms with Crippen molar-refractivity contribution in [2.45, 2.75) is 46.4 Å². The van der Waals surface area contributed by atoms with E-state index in [2.05, 4.69) is 35.1 Å². The Bertz CT molecular complexity index is 742. The predicted octanol–water partition coefficient (Wildman–Crippen LogP) is 6.11. The van der Waals surface area contributed by atoms with Gasteiger partial charge in [-0.25, -0.2) is 4.39 Å². The Morgan fingerprint density at radius 3 is 2.50 bits per heavy atom. The standard InChI is InChI=1S/C20H24BrClFNO2/c1-4-13(3)24-11-15-8-19(25-5-2)20(10-17(15)21)26-12-14-6-7-16(23)9-18(14)22/h6-10,13,24H,4-5,11-12H2,1-3H3. The molecule has 0 fully saturated rings. The zero-order valence-corrected chi connectivity index (χ0v) is 17.6. The maximum atomic E-state index is 13.2. The van der Waals surface area contributed by atoms with E-state index in [1.165, 1.54) is 12.1 Å². The van der Waals surface area contributed by atoms with Crippen LogP contribution in [0.3, 0.4) is 0 Å². The van der Waals surface area contributed by atoms with Gasteiger partial charge in [0.25, 0.3) is 0 Å². The lowest BCUT2D eigenvalue weighted by Gasteiger charge is -2.17. The van der Waals surface area contributed by atoms with Gasteiger partial charge in [-0.05, 0) is 50.1 Å². The van der Waals surface area contributed by atoms with E-state index in [-0.39, 0.29) is 12.4 Å². The Morgan fingerprint density at radius 2 is 1.85 bits per heavy atom. The van der Waals surface area contributed by atoms with Gasteiger partial charge in [0.05, 0.1) is 11.6 Å². The summed E-state index contributed by atoms with van der Waals surface area (Å²) in [5.41, 5.74) is 1.81. The van der Waals surface area contributed by atoms with Crippen LogP contribution >= 0.6 is 27.5 Å². The van der Waals surface area contributed by atoms with E-state index in [9.17, 15) is 4.39 Å². The number of rotatable bonds is 9. The monoisotopic (exact) mass is 443 g/mol. The molecule has 2 aromatic rings. The average Bonchev–Trinajstić information content (AvgIpc) is 2.61. The molecule has 3 nitrogen and oxygen atoms in total. The second kappa shape index (κ2) is 10.1. The molecule has 6 heteroatoms. The summed E-state index contributed by atoms with van der Waals surface area (Å²) in [6.45, 7) is 7.74. The second-order valence-electron chi connectivity index (χ2n) is 6.04. The van der Waals surface area contributed by atoms with Crippen molar-refractivity contribution < 1.29 is 13.9 Å². The summed E-state index contributed by atoms with van der Waals surface area (Å²) in [7, 11) is 0. The predicted molar refractivity (Wildman–Crippen MR) is 108 cm³/mol. The molecule has 0 radical (unpaired) electrons. The molecule has 0 aliphatic rings. The molecule has 0 saturated heterocycles. The van der Waals surface area contributed by atoms with Gasteiger partial charge in [0.15, 0.2) is 11.5 Å². The van der Waals surface area contributed by atoms with E-state index in [0.29, 0.717) is 34.7 Å². The summed E-state index contributed by atoms with van der Waals surface area (Å²) < 4.78 is 25.7. The Labute approximate surface area is 168 Å². The second-order valence-corrected chi connectivity index (χ2v) is 7.30. The molecule has 26 heavy (non-hydrogen) atoms. The van der Waals surface area contributed by atoms with E-state index < -0.39 is 0 Å². The molecule has 142 valence electrons. The van der Waals surface area contributed by atoms with Crippen LogP contribution in [0.1, 0.15) is 38.3 Å². The first-order valence-corrected chi connectivity index (χ1v) is 9.87. The summed E-state index contributed by atoms with van der Waals surface area (Å²) in [6.07, 6.45) is 1.07. The normalized spacial score (nSPS) is 12.1. The molecule has 2 rings (SSSR count). The number of ether oxygens (including phenoxy) is 2. The van der Waals surface area contributed by atoms with Crippen molar-refractivity contribution >= 4 is 27.5 Å². The van der Waals surface area contributed by atoms with Gasteiger partial charge in [-0.1, -0.05) is 40.5 Å². The number of benzene rings is 2. The van der Waals surface area contributed by atoms with Gasteiger partial charge in [0.1, 0.15) is 12.4 Å². The zero-order chi connectivity index (χ0) is 19.1. The molecular weight excluding hydrogens is 421 g/mol. The zero-order valence-electron chi connectivity index (χ0n) is 15.2. The summed E-state index contributed by atoms with van der Waals surface area (Å²) in [4.78, 5) is 0. The van der Waals surface area contributed by atoms with Gasteiger partial charge < -0.3 is 14.8 Å². The van der Waals surface area contributed by atoms with E-state index in [0.717, 1.165) is 23.0 Å². The van der Waals surface area contributed by atoms with Crippen molar-refractivity contribution in [1.29, 1.82) is 0 Å². The Hall–Kier alpha value is -1.30. The number of nitrogens with one attached hydrogen (secondary N) is 1. The summed E-state index contributed by atoms with van der Waals surface area (Å²) in [5.74, 6) is 0.927. The molecule has 0 aromatic heterocycles. The molecule has 0 aliphatic carbocycles. The maximum Gasteiger partial charge on any atom is 0.162 e. The summed E-state index contributed by atoms with van der Waals surface area (Å²) >= 11 is 9.67. The highest BCUT2D eigenvalue weighted by atomic mass is 79.9. The molecule has 2 aromatic carbocycles. The highest BCUT2D eigenvalue weighted by molar-refractivity contribution is 9.10. The van der Waals surface area contributed by atoms with Crippen LogP contribution in [0.25, 0.3) is 0 Å². The fourth-order valence-corrected chi connectivity index (χ4v) is 3.00. The van der Waals surface area contributed by atoms with Crippen molar-refractivity contribution in [3.63, 3.8) is 0 Å². The van der Waals surface area contributed by atoms with Gasteiger partial charge in [0.2, 0.25) is 0 Å². The van der Waals surface area contributed by atoms with E-state index in [1.54, 1.807) is 6.07 Å². The van der Waals surface area contributed by atoms with E-state index in [4.69, 9.17) is 21.1 Å². The topological polar surface area (TPSA) is 30.5 Å². The van der Waals surface area contributed by atoms with E-state index in [1.807, 2.05) is 19.1 Å². The average molecular weight is 445 g/mol. The molecule has 0 saturated carbocycles. The lowest BCUT2D eigenvalue weighted by Crippen LogP contribution is -2.24. The summed E-state index contributed by atoms with van der Waals surface area (Å²) in [6, 6.07) is 8.59. The smallest absolute Gasteiger partial charge is 0.162 e. The number of hydrogen-bond acceptors (Lipinski definition) is 3. The van der Waals surface area contributed by atoms with Crippen LogP contribution < -0.4 is 14.8 Å². The van der Waals surface area contributed by atoms with Crippen molar-refractivity contribution in [2.24, 2.45) is 0 Å². The third kappa shape index (κ3) is 5.86. The van der Waals surface area contributed by atoms with E-state index >= 15 is 0 Å². The Kier molecular flexibility index (Phi) is 8.19. The van der Waals surface area contributed by atoms with Crippen molar-refractivity contribution in [2.75, 3.05) is 6.61 Å². The van der Waals surface area contributed by atoms with Gasteiger partial charge >= 0.3 is 0 Å². The van der Waals surface area contributed by atoms with Gasteiger partial charge in [-0.3, -0.25) is 0 Å². The van der Waals surface area contributed by atoms with Crippen LogP contribution in [-0.4, -0.2) is 12.6 Å². The van der Waals surface area contributed by atoms with Crippen LogP contribution in [0.4, 0.5) is 4.39 Å². The van der Waals surface area contributed by atoms with Crippen LogP contribution in [0, 0.1) is 5.82 Å². The molecule has 0 heterocycles. The third-order valence-corrected chi connectivity index (χ3v) is 5.15. The molecule has 0 amide bonds. The van der Waals surface area contributed by atoms with Crippen molar-refractivity contribution in [3.8, 4) is 11.5 Å². The SMILES string of the molecule is CCOc1cc(CNC(C)CC)c(Br)cc1OCc1ccc(F)cc1Cl. The minimum Gasteiger partial charge on any atom is -0.490 e. The Morgan fingerprint density at radius 1 is 1.12 bits per heavy atom. The lowest BCUT2D eigenvalue weighted by atomic mass is 10.1. The lowest BCUT2D eigenvalue weighted by molar-refractivity contribution is 0.268. The van der Waals surface area contributed by atoms with Crippen LogP contribution in [-0.2, 0) is 13.2 Å². The first kappa shape index (κ1) is 21.0. The molecule has 1 unspecified atom stereocenters. The molecule has 0 spiro atoms. The number of halogens is 3. The van der Waals surface area contributed by atoms with Gasteiger partial charge in [-0.15, -0.1) is 0 Å². The van der Waals surface area contributed by atoms with Crippen LogP contribution in [0.2, 0.25) is 5.02 Å². The minimum absolute atomic E-state index is 0.232. The minimum atomic E-state index is -0.366. The molecule has 0 aliphatic heterocycles. The molecule has 1 N–H and O–H groups in total.